The van der Waals surface area contributed by atoms with Gasteiger partial charge in [0.05, 0.1) is 11.8 Å². The van der Waals surface area contributed by atoms with Crippen molar-refractivity contribution in [2.75, 3.05) is 69.8 Å². The molecular formula is C32H40F3N9S2. The molecule has 2 N–H and O–H groups in total. The highest BCUT2D eigenvalue weighted by Gasteiger charge is 2.30. The first-order valence-electron chi connectivity index (χ1n) is 15.7. The van der Waals surface area contributed by atoms with Crippen molar-refractivity contribution in [3.8, 4) is 6.07 Å². The van der Waals surface area contributed by atoms with E-state index in [1.165, 1.54) is 11.1 Å². The van der Waals surface area contributed by atoms with Crippen LogP contribution in [0.2, 0.25) is 0 Å². The fraction of sp³-hybridized carbons (Fsp3) is 0.531. The van der Waals surface area contributed by atoms with Gasteiger partial charge < -0.3 is 15.2 Å². The van der Waals surface area contributed by atoms with E-state index in [1.54, 1.807) is 25.1 Å². The van der Waals surface area contributed by atoms with Crippen molar-refractivity contribution >= 4 is 56.2 Å². The highest BCUT2D eigenvalue weighted by Crippen LogP contribution is 2.35. The maximum Gasteiger partial charge on any atom is 0.393 e. The summed E-state index contributed by atoms with van der Waals surface area (Å²) in [6.45, 7) is 10.7. The number of fused-ring (bicyclic) bond motifs is 2. The molecule has 9 nitrogen and oxygen atoms in total. The largest absolute Gasteiger partial charge is 0.393 e. The van der Waals surface area contributed by atoms with Gasteiger partial charge in [-0.2, -0.15) is 23.4 Å². The smallest absolute Gasteiger partial charge is 0.367 e. The van der Waals surface area contributed by atoms with E-state index in [1.807, 2.05) is 6.07 Å². The molecule has 3 aromatic heterocycles. The second-order valence-corrected chi connectivity index (χ2v) is 14.1. The molecular weight excluding hydrogens is 632 g/mol. The molecule has 246 valence electrons. The van der Waals surface area contributed by atoms with Crippen molar-refractivity contribution in [2.24, 2.45) is 0 Å². The van der Waals surface area contributed by atoms with Crippen LogP contribution in [0.25, 0.3) is 21.1 Å². The van der Waals surface area contributed by atoms with E-state index in [9.17, 15) is 18.4 Å². The van der Waals surface area contributed by atoms with Crippen molar-refractivity contribution in [3.63, 3.8) is 0 Å². The molecule has 14 heteroatoms. The third kappa shape index (κ3) is 7.39. The van der Waals surface area contributed by atoms with Gasteiger partial charge in [0.1, 0.15) is 22.4 Å². The third-order valence-corrected chi connectivity index (χ3v) is 11.1. The average Bonchev–Trinajstić information content (AvgIpc) is 3.62. The lowest BCUT2D eigenvalue weighted by Gasteiger charge is -2.33. The number of nitriles is 1. The first-order chi connectivity index (χ1) is 22.1. The standard InChI is InChI=1S/C32H40F3N9S2/c1-21-22(4-5-28-26(21)16-24(19-36)44(28)15-12-41-10-13-43(45-3)14-11-41)20-42-8-6-23(7-9-42)38-29-27-17-25(18-32(33,34)35)46-30(27)40-31(37-2)39-29/h4-5,16-17,23H,6-15,18,20H2,1-3H3,(H2,37,38,39,40). The molecule has 2 fully saturated rings. The SMILES string of the molecule is CNc1nc(NC2CCN(Cc3ccc4c(cc(C#N)n4CCN4CCN(SC)CC4)c3C)CC2)c2cc(CC(F)(F)F)sc2n1. The van der Waals surface area contributed by atoms with Crippen LogP contribution in [0.15, 0.2) is 24.3 Å². The molecule has 0 aliphatic carbocycles. The van der Waals surface area contributed by atoms with E-state index >= 15 is 0 Å². The lowest BCUT2D eigenvalue weighted by atomic mass is 10.0. The summed E-state index contributed by atoms with van der Waals surface area (Å²) in [6.07, 6.45) is -1.33. The monoisotopic (exact) mass is 671 g/mol. The summed E-state index contributed by atoms with van der Waals surface area (Å²) < 4.78 is 43.7. The number of alkyl halides is 3. The van der Waals surface area contributed by atoms with Crippen LogP contribution in [-0.4, -0.2) is 100.0 Å². The predicted molar refractivity (Wildman–Crippen MR) is 182 cm³/mol. The van der Waals surface area contributed by atoms with E-state index < -0.39 is 12.6 Å². The molecule has 4 aromatic rings. The van der Waals surface area contributed by atoms with Gasteiger partial charge in [-0.1, -0.05) is 18.0 Å². The minimum absolute atomic E-state index is 0.157. The Bertz CT molecular complexity index is 1710. The molecule has 2 aliphatic heterocycles. The number of halogens is 3. The number of benzene rings is 1. The van der Waals surface area contributed by atoms with Gasteiger partial charge in [0.25, 0.3) is 0 Å². The fourth-order valence-corrected chi connectivity index (χ4v) is 8.14. The van der Waals surface area contributed by atoms with Gasteiger partial charge >= 0.3 is 6.18 Å². The van der Waals surface area contributed by atoms with Gasteiger partial charge in [0.15, 0.2) is 0 Å². The van der Waals surface area contributed by atoms with Crippen molar-refractivity contribution in [1.29, 1.82) is 5.26 Å². The number of likely N-dealkylation sites (tertiary alicyclic amines) is 1. The molecule has 2 saturated heterocycles. The van der Waals surface area contributed by atoms with Crippen molar-refractivity contribution in [1.82, 2.24) is 28.6 Å². The number of rotatable bonds is 10. The van der Waals surface area contributed by atoms with Crippen molar-refractivity contribution in [2.45, 2.75) is 51.5 Å². The van der Waals surface area contributed by atoms with Crippen LogP contribution >= 0.6 is 23.3 Å². The first kappa shape index (κ1) is 32.8. The summed E-state index contributed by atoms with van der Waals surface area (Å²) in [4.78, 5) is 14.7. The minimum Gasteiger partial charge on any atom is -0.367 e. The second kappa shape index (κ2) is 13.9. The predicted octanol–water partition coefficient (Wildman–Crippen LogP) is 5.94. The summed E-state index contributed by atoms with van der Waals surface area (Å²) in [7, 11) is 1.71. The van der Waals surface area contributed by atoms with E-state index in [4.69, 9.17) is 0 Å². The van der Waals surface area contributed by atoms with Crippen molar-refractivity contribution < 1.29 is 13.2 Å². The molecule has 2 aliphatic rings. The van der Waals surface area contributed by atoms with E-state index in [2.05, 4.69) is 70.7 Å². The highest BCUT2D eigenvalue weighted by molar-refractivity contribution is 7.96. The number of nitrogens with zero attached hydrogens (tertiary/aromatic N) is 7. The van der Waals surface area contributed by atoms with Gasteiger partial charge in [0, 0.05) is 87.8 Å². The Labute approximate surface area is 275 Å². The normalized spacial score (nSPS) is 17.6. The Morgan fingerprint density at radius 1 is 1.02 bits per heavy atom. The molecule has 0 amide bonds. The molecule has 1 aromatic carbocycles. The molecule has 0 radical (unpaired) electrons. The first-order valence-corrected chi connectivity index (χ1v) is 17.7. The van der Waals surface area contributed by atoms with Gasteiger partial charge in [-0.25, -0.2) is 9.29 Å². The highest BCUT2D eigenvalue weighted by atomic mass is 32.2. The Balaban J connectivity index is 1.09. The summed E-state index contributed by atoms with van der Waals surface area (Å²) in [6, 6.07) is 10.6. The Morgan fingerprint density at radius 3 is 2.46 bits per heavy atom. The Hall–Kier alpha value is -3.09. The van der Waals surface area contributed by atoms with Crippen LogP contribution in [0.5, 0.6) is 0 Å². The van der Waals surface area contributed by atoms with E-state index in [-0.39, 0.29) is 10.9 Å². The van der Waals surface area contributed by atoms with Gasteiger partial charge in [0.2, 0.25) is 5.95 Å². The van der Waals surface area contributed by atoms with Gasteiger partial charge in [-0.05, 0) is 55.3 Å². The third-order valence-electron chi connectivity index (χ3n) is 9.17. The number of aromatic nitrogens is 3. The molecule has 6 rings (SSSR count). The van der Waals surface area contributed by atoms with Gasteiger partial charge in [-0.3, -0.25) is 9.80 Å². The van der Waals surface area contributed by atoms with Gasteiger partial charge in [-0.15, -0.1) is 11.3 Å². The summed E-state index contributed by atoms with van der Waals surface area (Å²) >= 11 is 2.87. The van der Waals surface area contributed by atoms with Crippen LogP contribution in [0.4, 0.5) is 24.9 Å². The number of nitrogens with one attached hydrogen (secondary N) is 2. The number of thiophene rings is 1. The molecule has 0 unspecified atom stereocenters. The summed E-state index contributed by atoms with van der Waals surface area (Å²) in [5, 5.41) is 18.2. The van der Waals surface area contributed by atoms with E-state index in [0.29, 0.717) is 27.7 Å². The maximum atomic E-state index is 13.1. The number of hydrogen-bond acceptors (Lipinski definition) is 10. The molecule has 0 atom stereocenters. The van der Waals surface area contributed by atoms with Crippen LogP contribution in [-0.2, 0) is 19.5 Å². The lowest BCUT2D eigenvalue weighted by molar-refractivity contribution is -0.126. The van der Waals surface area contributed by atoms with Crippen LogP contribution in [0.1, 0.15) is 34.5 Å². The molecule has 0 bridgehead atoms. The second-order valence-electron chi connectivity index (χ2n) is 12.1. The van der Waals surface area contributed by atoms with Crippen LogP contribution < -0.4 is 10.6 Å². The summed E-state index contributed by atoms with van der Waals surface area (Å²) in [5.74, 6) is 0.972. The topological polar surface area (TPSA) is 88.3 Å². The van der Waals surface area contributed by atoms with Crippen molar-refractivity contribution in [3.05, 3.63) is 46.0 Å². The number of piperidine rings is 1. The number of aryl methyl sites for hydroxylation is 1. The Morgan fingerprint density at radius 2 is 1.78 bits per heavy atom. The molecule has 5 heterocycles. The number of hydrogen-bond donors (Lipinski definition) is 2. The number of piperazine rings is 1. The zero-order chi connectivity index (χ0) is 32.4. The zero-order valence-electron chi connectivity index (χ0n) is 26.5. The molecule has 0 spiro atoms. The quantitative estimate of drug-likeness (QED) is 0.199. The fourth-order valence-electron chi connectivity index (χ4n) is 6.55. The maximum absolute atomic E-state index is 13.1. The lowest BCUT2D eigenvalue weighted by Crippen LogP contribution is -2.44. The molecule has 46 heavy (non-hydrogen) atoms. The molecule has 0 saturated carbocycles. The summed E-state index contributed by atoms with van der Waals surface area (Å²) in [5.41, 5.74) is 4.31. The van der Waals surface area contributed by atoms with E-state index in [0.717, 1.165) is 94.0 Å². The Kier molecular flexibility index (Phi) is 9.96. The van der Waals surface area contributed by atoms with Crippen LogP contribution in [0.3, 0.4) is 0 Å². The minimum atomic E-state index is -4.27. The average molecular weight is 672 g/mol. The number of anilines is 2. The van der Waals surface area contributed by atoms with Crippen LogP contribution in [0, 0.1) is 18.3 Å². The zero-order valence-corrected chi connectivity index (χ0v) is 28.1.